The molecule has 2 aromatic rings. The van der Waals surface area contributed by atoms with Gasteiger partial charge in [0.15, 0.2) is 5.69 Å². The van der Waals surface area contributed by atoms with Gasteiger partial charge in [0, 0.05) is 0 Å². The van der Waals surface area contributed by atoms with Gasteiger partial charge in [-0.3, -0.25) is 0 Å². The highest BCUT2D eigenvalue weighted by Crippen LogP contribution is 2.29. The average molecular weight is 241 g/mol. The zero-order chi connectivity index (χ0) is 10.8. The number of aromatic nitrogens is 2. The zero-order valence-corrected chi connectivity index (χ0v) is 8.92. The van der Waals surface area contributed by atoms with Crippen molar-refractivity contribution in [1.82, 2.24) is 10.2 Å². The van der Waals surface area contributed by atoms with E-state index in [1.54, 1.807) is 12.1 Å². The van der Waals surface area contributed by atoms with Gasteiger partial charge in [0.25, 0.3) is 0 Å². The number of rotatable bonds is 2. The number of aromatic carboxylic acids is 1. The number of thiophene rings is 1. The summed E-state index contributed by atoms with van der Waals surface area (Å²) in [4.78, 5) is 11.4. The monoisotopic (exact) mass is 240 g/mol. The van der Waals surface area contributed by atoms with E-state index in [9.17, 15) is 4.79 Å². The molecule has 15 heavy (non-hydrogen) atoms. The molecule has 0 amide bonds. The Labute approximate surface area is 94.2 Å². The number of carboxylic acids is 1. The Morgan fingerprint density at radius 1 is 1.27 bits per heavy atom. The van der Waals surface area contributed by atoms with Gasteiger partial charge in [-0.2, -0.15) is 0 Å². The highest BCUT2D eigenvalue weighted by Gasteiger charge is 2.07. The summed E-state index contributed by atoms with van der Waals surface area (Å²) >= 11 is 7.14. The Morgan fingerprint density at radius 3 is 2.53 bits per heavy atom. The highest BCUT2D eigenvalue weighted by atomic mass is 35.5. The Hall–Kier alpha value is -1.46. The SMILES string of the molecule is O=C(O)c1ccc(-c2ccc(Cl)s2)nn1. The summed E-state index contributed by atoms with van der Waals surface area (Å²) in [6.07, 6.45) is 0. The van der Waals surface area contributed by atoms with Gasteiger partial charge >= 0.3 is 5.97 Å². The van der Waals surface area contributed by atoms with Crippen molar-refractivity contribution in [3.8, 4) is 10.6 Å². The Morgan fingerprint density at radius 2 is 2.07 bits per heavy atom. The molecule has 2 heterocycles. The Balaban J connectivity index is 2.35. The summed E-state index contributed by atoms with van der Waals surface area (Å²) < 4.78 is 0.661. The molecule has 6 heteroatoms. The maximum atomic E-state index is 10.5. The quantitative estimate of drug-likeness (QED) is 0.876. The molecule has 0 aliphatic heterocycles. The second kappa shape index (κ2) is 3.96. The standard InChI is InChI=1S/C9H5ClN2O2S/c10-8-4-3-7(15-8)5-1-2-6(9(13)14)12-11-5/h1-4H,(H,13,14). The smallest absolute Gasteiger partial charge is 0.356 e. The van der Waals surface area contributed by atoms with Crippen LogP contribution in [-0.2, 0) is 0 Å². The third-order valence-corrected chi connectivity index (χ3v) is 2.96. The number of nitrogens with zero attached hydrogens (tertiary/aromatic N) is 2. The van der Waals surface area contributed by atoms with E-state index in [0.29, 0.717) is 10.0 Å². The van der Waals surface area contributed by atoms with Crippen LogP contribution in [0.25, 0.3) is 10.6 Å². The Bertz CT molecular complexity index is 495. The van der Waals surface area contributed by atoms with Crippen molar-refractivity contribution in [2.45, 2.75) is 0 Å². The summed E-state index contributed by atoms with van der Waals surface area (Å²) in [7, 11) is 0. The Kier molecular flexibility index (Phi) is 2.66. The maximum Gasteiger partial charge on any atom is 0.356 e. The first-order chi connectivity index (χ1) is 7.16. The molecule has 0 fully saturated rings. The molecule has 76 valence electrons. The summed E-state index contributed by atoms with van der Waals surface area (Å²) in [6.45, 7) is 0. The second-order valence-corrected chi connectivity index (χ2v) is 4.43. The van der Waals surface area contributed by atoms with Crippen LogP contribution in [0.4, 0.5) is 0 Å². The molecular formula is C9H5ClN2O2S. The van der Waals surface area contributed by atoms with Crippen molar-refractivity contribution in [1.29, 1.82) is 0 Å². The highest BCUT2D eigenvalue weighted by molar-refractivity contribution is 7.19. The summed E-state index contributed by atoms with van der Waals surface area (Å²) in [6, 6.07) is 6.60. The average Bonchev–Trinajstić information content (AvgIpc) is 2.65. The predicted molar refractivity (Wildman–Crippen MR) is 57.3 cm³/mol. The fourth-order valence-electron chi connectivity index (χ4n) is 1.03. The third-order valence-electron chi connectivity index (χ3n) is 1.71. The third kappa shape index (κ3) is 2.14. The van der Waals surface area contributed by atoms with Crippen LogP contribution in [0, 0.1) is 0 Å². The van der Waals surface area contributed by atoms with Crippen LogP contribution >= 0.6 is 22.9 Å². The second-order valence-electron chi connectivity index (χ2n) is 2.71. The molecule has 0 aliphatic carbocycles. The van der Waals surface area contributed by atoms with Crippen LogP contribution in [0.2, 0.25) is 4.34 Å². The molecule has 2 aromatic heterocycles. The van der Waals surface area contributed by atoms with Gasteiger partial charge in [-0.15, -0.1) is 21.5 Å². The molecule has 0 atom stereocenters. The van der Waals surface area contributed by atoms with Crippen molar-refractivity contribution in [2.24, 2.45) is 0 Å². The fraction of sp³-hybridized carbons (Fsp3) is 0. The lowest BCUT2D eigenvalue weighted by Gasteiger charge is -1.95. The largest absolute Gasteiger partial charge is 0.476 e. The first kappa shape index (κ1) is 10.1. The van der Waals surface area contributed by atoms with E-state index in [1.165, 1.54) is 17.4 Å². The molecule has 1 N–H and O–H groups in total. The van der Waals surface area contributed by atoms with Gasteiger partial charge in [0.1, 0.15) is 5.69 Å². The lowest BCUT2D eigenvalue weighted by atomic mass is 10.3. The topological polar surface area (TPSA) is 63.1 Å². The lowest BCUT2D eigenvalue weighted by molar-refractivity contribution is 0.0689. The van der Waals surface area contributed by atoms with Crippen molar-refractivity contribution >= 4 is 28.9 Å². The number of carbonyl (C=O) groups is 1. The van der Waals surface area contributed by atoms with Gasteiger partial charge < -0.3 is 5.11 Å². The van der Waals surface area contributed by atoms with Crippen molar-refractivity contribution in [3.05, 3.63) is 34.3 Å². The van der Waals surface area contributed by atoms with Crippen LogP contribution in [0.5, 0.6) is 0 Å². The molecule has 4 nitrogen and oxygen atoms in total. The van der Waals surface area contributed by atoms with Crippen molar-refractivity contribution in [2.75, 3.05) is 0 Å². The van der Waals surface area contributed by atoms with E-state index >= 15 is 0 Å². The molecule has 0 saturated carbocycles. The van der Waals surface area contributed by atoms with Crippen LogP contribution in [0.3, 0.4) is 0 Å². The van der Waals surface area contributed by atoms with E-state index in [2.05, 4.69) is 10.2 Å². The first-order valence-corrected chi connectivity index (χ1v) is 5.19. The van der Waals surface area contributed by atoms with E-state index in [-0.39, 0.29) is 5.69 Å². The van der Waals surface area contributed by atoms with E-state index < -0.39 is 5.97 Å². The van der Waals surface area contributed by atoms with Crippen molar-refractivity contribution < 1.29 is 9.90 Å². The molecule has 0 aromatic carbocycles. The summed E-state index contributed by atoms with van der Waals surface area (Å²) in [5, 5.41) is 16.0. The molecular weight excluding hydrogens is 236 g/mol. The minimum absolute atomic E-state index is 0.0681. The molecule has 0 aliphatic rings. The van der Waals surface area contributed by atoms with Gasteiger partial charge in [-0.25, -0.2) is 4.79 Å². The van der Waals surface area contributed by atoms with E-state index in [1.807, 2.05) is 6.07 Å². The van der Waals surface area contributed by atoms with E-state index in [0.717, 1.165) is 4.88 Å². The van der Waals surface area contributed by atoms with Gasteiger partial charge in [-0.05, 0) is 24.3 Å². The van der Waals surface area contributed by atoms with Gasteiger partial charge in [-0.1, -0.05) is 11.6 Å². The summed E-state index contributed by atoms with van der Waals surface area (Å²) in [5.41, 5.74) is 0.554. The lowest BCUT2D eigenvalue weighted by Crippen LogP contribution is -2.01. The molecule has 0 unspecified atom stereocenters. The van der Waals surface area contributed by atoms with Crippen LogP contribution in [-0.4, -0.2) is 21.3 Å². The number of hydrogen-bond acceptors (Lipinski definition) is 4. The van der Waals surface area contributed by atoms with Gasteiger partial charge in [0.2, 0.25) is 0 Å². The molecule has 0 bridgehead atoms. The van der Waals surface area contributed by atoms with Crippen LogP contribution < -0.4 is 0 Å². The number of halogens is 1. The van der Waals surface area contributed by atoms with Crippen molar-refractivity contribution in [3.63, 3.8) is 0 Å². The predicted octanol–water partition coefficient (Wildman–Crippen LogP) is 2.56. The zero-order valence-electron chi connectivity index (χ0n) is 7.35. The molecule has 0 radical (unpaired) electrons. The van der Waals surface area contributed by atoms with E-state index in [4.69, 9.17) is 16.7 Å². The minimum atomic E-state index is -1.08. The molecule has 0 spiro atoms. The summed E-state index contributed by atoms with van der Waals surface area (Å²) in [5.74, 6) is -1.08. The van der Waals surface area contributed by atoms with Crippen LogP contribution in [0.1, 0.15) is 10.5 Å². The first-order valence-electron chi connectivity index (χ1n) is 3.99. The maximum absolute atomic E-state index is 10.5. The minimum Gasteiger partial charge on any atom is -0.476 e. The fourth-order valence-corrected chi connectivity index (χ4v) is 2.04. The van der Waals surface area contributed by atoms with Crippen LogP contribution in [0.15, 0.2) is 24.3 Å². The molecule has 2 rings (SSSR count). The number of hydrogen-bond donors (Lipinski definition) is 1. The molecule has 0 saturated heterocycles. The number of carboxylic acid groups (broad SMARTS) is 1. The normalized spacial score (nSPS) is 10.2. The van der Waals surface area contributed by atoms with Gasteiger partial charge in [0.05, 0.1) is 9.21 Å².